The highest BCUT2D eigenvalue weighted by molar-refractivity contribution is 7.48. The molecule has 224 valence electrons. The molecule has 5 saturated heterocycles. The van der Waals surface area contributed by atoms with Gasteiger partial charge in [-0.2, -0.15) is 5.26 Å². The van der Waals surface area contributed by atoms with Crippen LogP contribution in [-0.4, -0.2) is 113 Å². The largest absolute Gasteiger partial charge is 0.475 e. The molecule has 1 saturated carbocycles. The molecule has 11 atom stereocenters. The van der Waals surface area contributed by atoms with Crippen molar-refractivity contribution in [3.05, 3.63) is 0 Å². The van der Waals surface area contributed by atoms with E-state index in [0.717, 1.165) is 0 Å². The molecule has 1 aliphatic carbocycles. The Kier molecular flexibility index (Phi) is 6.71. The monoisotopic (exact) mass is 599 g/mol. The smallest absolute Gasteiger partial charge is 0.394 e. The summed E-state index contributed by atoms with van der Waals surface area (Å²) >= 11 is 0. The van der Waals surface area contributed by atoms with Gasteiger partial charge in [-0.25, -0.2) is 14.2 Å². The van der Waals surface area contributed by atoms with Gasteiger partial charge >= 0.3 is 19.9 Å². The van der Waals surface area contributed by atoms with Crippen LogP contribution in [0.1, 0.15) is 33.1 Å². The number of fused-ring (bicyclic) bond motifs is 7. The van der Waals surface area contributed by atoms with E-state index in [2.05, 4.69) is 10.6 Å². The van der Waals surface area contributed by atoms with Crippen LogP contribution in [0.4, 0.5) is 9.59 Å². The number of carbonyl (C=O) groups excluding carboxylic acids is 4. The second-order valence-electron chi connectivity index (χ2n) is 11.2. The Morgan fingerprint density at radius 2 is 1.61 bits per heavy atom. The number of urea groups is 2. The summed E-state index contributed by atoms with van der Waals surface area (Å²) in [5.41, 5.74) is -3.04. The summed E-state index contributed by atoms with van der Waals surface area (Å²) in [7, 11) is -4.45. The molecule has 11 unspecified atom stereocenters. The van der Waals surface area contributed by atoms with Crippen molar-refractivity contribution in [1.82, 2.24) is 20.4 Å². The standard InChI is InChI=1S/C23H30N5O12P/c1-22-16-17-23(22,2)19(32)26-21(34)28(17)15-7-11(12(8-29)38-15)40-41(35,36-5-3-4-24)37-9-13-10(30)6-14(39-13)27(16)20(33)25-18(22)31/h10-17,29-30H,3,5-9H2,1-2H3,(H,25,31,33)(H,26,32,34). The second kappa shape index (κ2) is 9.68. The number of amides is 6. The van der Waals surface area contributed by atoms with Crippen molar-refractivity contribution in [3.63, 3.8) is 0 Å². The molecule has 5 heterocycles. The van der Waals surface area contributed by atoms with Gasteiger partial charge in [0.15, 0.2) is 0 Å². The number of carbonyl (C=O) groups is 4. The Bertz CT molecular complexity index is 1280. The molecule has 4 N–H and O–H groups in total. The predicted molar refractivity (Wildman–Crippen MR) is 129 cm³/mol. The molecule has 0 spiro atoms. The molecule has 17 nitrogen and oxygen atoms in total. The number of nitriles is 1. The van der Waals surface area contributed by atoms with Crippen molar-refractivity contribution in [2.75, 3.05) is 19.8 Å². The molecule has 41 heavy (non-hydrogen) atoms. The number of imide groups is 2. The molecule has 4 bridgehead atoms. The number of hydrogen-bond donors (Lipinski definition) is 4. The number of phosphoric ester groups is 1. The van der Waals surface area contributed by atoms with Gasteiger partial charge in [0, 0.05) is 12.8 Å². The van der Waals surface area contributed by atoms with E-state index < -0.39 is 105 Å². The lowest BCUT2D eigenvalue weighted by molar-refractivity contribution is -0.242. The minimum atomic E-state index is -4.45. The number of aliphatic hydroxyl groups excluding tert-OH is 2. The SMILES string of the molecule is CC12C(=O)NC(=O)N3C4CC(O)C(COP(=O)(OCCC#N)OC5CC(OC5CO)N5C(=O)NC(=O)C1(C)C5C32)O4. The fourth-order valence-corrected chi connectivity index (χ4v) is 8.41. The summed E-state index contributed by atoms with van der Waals surface area (Å²) in [6.07, 6.45) is -7.26. The number of hydrogen-bond acceptors (Lipinski definition) is 13. The number of nitrogens with zero attached hydrogens (tertiary/aromatic N) is 3. The number of rotatable bonds is 4. The van der Waals surface area contributed by atoms with Gasteiger partial charge in [-0.1, -0.05) is 0 Å². The summed E-state index contributed by atoms with van der Waals surface area (Å²) in [6.45, 7) is 1.62. The van der Waals surface area contributed by atoms with Crippen LogP contribution in [0.2, 0.25) is 0 Å². The van der Waals surface area contributed by atoms with E-state index in [1.54, 1.807) is 0 Å². The summed E-state index contributed by atoms with van der Waals surface area (Å²) in [6, 6.07) is -1.99. The summed E-state index contributed by atoms with van der Waals surface area (Å²) < 4.78 is 42.1. The van der Waals surface area contributed by atoms with Gasteiger partial charge in [-0.3, -0.25) is 43.6 Å². The van der Waals surface area contributed by atoms with E-state index in [1.165, 1.54) is 23.6 Å². The minimum absolute atomic E-state index is 0.124. The van der Waals surface area contributed by atoms with Gasteiger partial charge in [0.2, 0.25) is 11.8 Å². The van der Waals surface area contributed by atoms with E-state index in [4.69, 9.17) is 28.3 Å². The number of ether oxygens (including phenoxy) is 2. The van der Waals surface area contributed by atoms with Gasteiger partial charge in [0.05, 0.1) is 61.3 Å². The maximum absolute atomic E-state index is 13.6. The van der Waals surface area contributed by atoms with Gasteiger partial charge < -0.3 is 19.7 Å². The van der Waals surface area contributed by atoms with Crippen LogP contribution in [0.3, 0.4) is 0 Å². The van der Waals surface area contributed by atoms with Gasteiger partial charge in [-0.15, -0.1) is 0 Å². The first kappa shape index (κ1) is 28.4. The zero-order valence-corrected chi connectivity index (χ0v) is 23.0. The molecule has 0 radical (unpaired) electrons. The Balaban J connectivity index is 1.45. The molecule has 18 heteroatoms. The van der Waals surface area contributed by atoms with E-state index in [1.807, 2.05) is 6.07 Å². The first-order chi connectivity index (χ1) is 19.4. The van der Waals surface area contributed by atoms with Crippen LogP contribution in [-0.2, 0) is 37.2 Å². The Morgan fingerprint density at radius 3 is 2.17 bits per heavy atom. The van der Waals surface area contributed by atoms with Gasteiger partial charge in [0.25, 0.3) is 0 Å². The van der Waals surface area contributed by atoms with E-state index in [-0.39, 0.29) is 25.9 Å². The molecule has 0 aromatic rings. The lowest BCUT2D eigenvalue weighted by Crippen LogP contribution is -2.92. The third-order valence-corrected chi connectivity index (χ3v) is 10.8. The fraction of sp³-hybridized carbons (Fsp3) is 0.783. The molecule has 0 aromatic heterocycles. The number of aliphatic hydroxyl groups is 2. The third-order valence-electron chi connectivity index (χ3n) is 9.32. The molecule has 5 aliphatic heterocycles. The van der Waals surface area contributed by atoms with Gasteiger partial charge in [-0.05, 0) is 13.8 Å². The number of nitrogens with one attached hydrogen (secondary N) is 2. The fourth-order valence-electron chi connectivity index (χ4n) is 7.02. The van der Waals surface area contributed by atoms with Crippen molar-refractivity contribution < 1.29 is 57.0 Å². The Labute approximate surface area is 233 Å². The van der Waals surface area contributed by atoms with E-state index in [9.17, 15) is 34.0 Å². The van der Waals surface area contributed by atoms with Crippen molar-refractivity contribution in [2.24, 2.45) is 10.8 Å². The lowest BCUT2D eigenvalue weighted by atomic mass is 9.42. The van der Waals surface area contributed by atoms with Crippen molar-refractivity contribution in [1.29, 1.82) is 5.26 Å². The number of phosphoric acid groups is 1. The molecule has 6 fully saturated rings. The molecule has 6 rings (SSSR count). The average Bonchev–Trinajstić information content (AvgIpc) is 3.49. The van der Waals surface area contributed by atoms with Crippen LogP contribution < -0.4 is 10.6 Å². The summed E-state index contributed by atoms with van der Waals surface area (Å²) in [4.78, 5) is 55.8. The van der Waals surface area contributed by atoms with Crippen LogP contribution >= 0.6 is 7.82 Å². The van der Waals surface area contributed by atoms with Gasteiger partial charge in [0.1, 0.15) is 30.8 Å². The first-order valence-electron chi connectivity index (χ1n) is 13.2. The average molecular weight is 599 g/mol. The third kappa shape index (κ3) is 3.90. The van der Waals surface area contributed by atoms with Crippen LogP contribution in [0.5, 0.6) is 0 Å². The van der Waals surface area contributed by atoms with Crippen molar-refractivity contribution >= 4 is 31.7 Å². The molecular weight excluding hydrogens is 569 g/mol. The summed E-state index contributed by atoms with van der Waals surface area (Å²) in [5, 5.41) is 34.3. The quantitative estimate of drug-likeness (QED) is 0.222. The normalized spacial score (nSPS) is 47.1. The summed E-state index contributed by atoms with van der Waals surface area (Å²) in [5.74, 6) is -1.42. The van der Waals surface area contributed by atoms with E-state index in [0.29, 0.717) is 0 Å². The Hall–Kier alpha value is -2.68. The maximum atomic E-state index is 13.6. The molecule has 6 amide bonds. The second-order valence-corrected chi connectivity index (χ2v) is 12.9. The highest BCUT2D eigenvalue weighted by Gasteiger charge is 2.82. The Morgan fingerprint density at radius 1 is 1.02 bits per heavy atom. The van der Waals surface area contributed by atoms with Crippen LogP contribution in [0.15, 0.2) is 0 Å². The highest BCUT2D eigenvalue weighted by atomic mass is 31.2. The lowest BCUT2D eigenvalue weighted by Gasteiger charge is -2.72. The zero-order chi connectivity index (χ0) is 29.5. The first-order valence-corrected chi connectivity index (χ1v) is 14.7. The zero-order valence-electron chi connectivity index (χ0n) is 22.1. The highest BCUT2D eigenvalue weighted by Crippen LogP contribution is 2.64. The molecular formula is C23H30N5O12P. The van der Waals surface area contributed by atoms with Crippen molar-refractivity contribution in [3.8, 4) is 6.07 Å². The molecule has 6 aliphatic rings. The topological polar surface area (TPSA) is 226 Å². The maximum Gasteiger partial charge on any atom is 0.475 e. The predicted octanol–water partition coefficient (Wildman–Crippen LogP) is -1.11. The van der Waals surface area contributed by atoms with E-state index >= 15 is 0 Å². The van der Waals surface area contributed by atoms with Crippen LogP contribution in [0.25, 0.3) is 0 Å². The van der Waals surface area contributed by atoms with Crippen LogP contribution in [0, 0.1) is 22.2 Å². The minimum Gasteiger partial charge on any atom is -0.394 e. The van der Waals surface area contributed by atoms with Crippen molar-refractivity contribution in [2.45, 2.75) is 82.1 Å². The molecule has 0 aromatic carbocycles.